The van der Waals surface area contributed by atoms with Gasteiger partial charge in [-0.25, -0.2) is 4.98 Å². The molecule has 94 valence electrons. The molecule has 1 unspecified atom stereocenters. The quantitative estimate of drug-likeness (QED) is 0.458. The number of rotatable bonds is 7. The van der Waals surface area contributed by atoms with Crippen LogP contribution in [0.4, 0.5) is 0 Å². The van der Waals surface area contributed by atoms with Gasteiger partial charge in [-0.05, 0) is 12.2 Å². The zero-order valence-corrected chi connectivity index (χ0v) is 11.6. The highest BCUT2D eigenvalue weighted by Gasteiger charge is 2.10. The first kappa shape index (κ1) is 12.9. The molecule has 0 spiro atoms. The van der Waals surface area contributed by atoms with Gasteiger partial charge in [-0.3, -0.25) is 15.7 Å². The van der Waals surface area contributed by atoms with Gasteiger partial charge in [-0.15, -0.1) is 11.3 Å². The summed E-state index contributed by atoms with van der Waals surface area (Å²) >= 11 is 3.60. The predicted octanol–water partition coefficient (Wildman–Crippen LogP) is 1.91. The van der Waals surface area contributed by atoms with E-state index in [4.69, 9.17) is 5.84 Å². The third kappa shape index (κ3) is 3.45. The monoisotopic (exact) mass is 270 g/mol. The number of hydrogen-bond acceptors (Lipinski definition) is 5. The number of nitrogens with two attached hydrogens (primary N) is 1. The van der Waals surface area contributed by atoms with Crippen molar-refractivity contribution in [1.29, 1.82) is 0 Å². The van der Waals surface area contributed by atoms with Crippen molar-refractivity contribution in [2.75, 3.05) is 11.5 Å². The Morgan fingerprint density at radius 2 is 2.53 bits per heavy atom. The first-order valence-electron chi connectivity index (χ1n) is 5.78. The van der Waals surface area contributed by atoms with E-state index in [-0.39, 0.29) is 0 Å². The normalized spacial score (nSPS) is 13.3. The molecule has 17 heavy (non-hydrogen) atoms. The van der Waals surface area contributed by atoms with Crippen molar-refractivity contribution in [2.45, 2.75) is 25.8 Å². The van der Waals surface area contributed by atoms with Crippen LogP contribution in [0.25, 0.3) is 4.96 Å². The first-order valence-corrected chi connectivity index (χ1v) is 7.82. The lowest BCUT2D eigenvalue weighted by molar-refractivity contribution is 0.570. The lowest BCUT2D eigenvalue weighted by Crippen LogP contribution is -2.38. The fourth-order valence-electron chi connectivity index (χ4n) is 1.66. The molecule has 4 nitrogen and oxygen atoms in total. The molecule has 2 aromatic heterocycles. The molecule has 0 fully saturated rings. The fourth-order valence-corrected chi connectivity index (χ4v) is 3.34. The van der Waals surface area contributed by atoms with Crippen LogP contribution < -0.4 is 11.3 Å². The van der Waals surface area contributed by atoms with Gasteiger partial charge >= 0.3 is 0 Å². The Hall–Kier alpha value is -0.560. The fraction of sp³-hybridized carbons (Fsp3) is 0.545. The molecule has 0 radical (unpaired) electrons. The van der Waals surface area contributed by atoms with Crippen molar-refractivity contribution in [3.05, 3.63) is 23.5 Å². The van der Waals surface area contributed by atoms with Crippen molar-refractivity contribution >= 4 is 28.1 Å². The number of aromatic nitrogens is 2. The molecule has 0 aromatic carbocycles. The van der Waals surface area contributed by atoms with Gasteiger partial charge in [0.1, 0.15) is 0 Å². The van der Waals surface area contributed by atoms with Gasteiger partial charge in [-0.1, -0.05) is 6.92 Å². The molecule has 3 N–H and O–H groups in total. The number of hydrogen-bond donors (Lipinski definition) is 2. The summed E-state index contributed by atoms with van der Waals surface area (Å²) in [6.07, 6.45) is 6.22. The highest BCUT2D eigenvalue weighted by Crippen LogP contribution is 2.14. The number of hydrazine groups is 1. The van der Waals surface area contributed by atoms with Gasteiger partial charge in [-0.2, -0.15) is 11.8 Å². The Kier molecular flexibility index (Phi) is 4.85. The van der Waals surface area contributed by atoms with Crippen LogP contribution in [0.3, 0.4) is 0 Å². The molecule has 0 bridgehead atoms. The minimum absolute atomic E-state index is 0.302. The molecule has 2 aromatic rings. The first-order chi connectivity index (χ1) is 8.33. The van der Waals surface area contributed by atoms with Gasteiger partial charge in [0.25, 0.3) is 0 Å². The molecular formula is C11H18N4S2. The van der Waals surface area contributed by atoms with Crippen LogP contribution in [0.15, 0.2) is 17.8 Å². The molecule has 0 saturated heterocycles. The lowest BCUT2D eigenvalue weighted by Gasteiger charge is -2.13. The van der Waals surface area contributed by atoms with Crippen LogP contribution in [0.1, 0.15) is 19.0 Å². The molecule has 2 heterocycles. The van der Waals surface area contributed by atoms with Gasteiger partial charge in [0, 0.05) is 36.0 Å². The maximum absolute atomic E-state index is 5.58. The third-order valence-electron chi connectivity index (χ3n) is 2.50. The Morgan fingerprint density at radius 3 is 3.24 bits per heavy atom. The summed E-state index contributed by atoms with van der Waals surface area (Å²) in [4.78, 5) is 5.62. The average Bonchev–Trinajstić information content (AvgIpc) is 2.88. The van der Waals surface area contributed by atoms with Crippen molar-refractivity contribution in [3.63, 3.8) is 0 Å². The van der Waals surface area contributed by atoms with E-state index in [1.165, 1.54) is 12.2 Å². The number of nitrogens with zero attached hydrogens (tertiary/aromatic N) is 2. The maximum atomic E-state index is 5.58. The van der Waals surface area contributed by atoms with E-state index >= 15 is 0 Å². The van der Waals surface area contributed by atoms with Crippen LogP contribution >= 0.6 is 23.1 Å². The lowest BCUT2D eigenvalue weighted by atomic mass is 10.2. The predicted molar refractivity (Wildman–Crippen MR) is 75.5 cm³/mol. The smallest absolute Gasteiger partial charge is 0.193 e. The summed E-state index contributed by atoms with van der Waals surface area (Å²) in [6.45, 7) is 2.20. The average molecular weight is 270 g/mol. The number of thioether (sulfide) groups is 1. The van der Waals surface area contributed by atoms with Crippen LogP contribution in [0, 0.1) is 0 Å². The molecule has 6 heteroatoms. The van der Waals surface area contributed by atoms with E-state index in [0.29, 0.717) is 6.04 Å². The molecule has 0 amide bonds. The van der Waals surface area contributed by atoms with E-state index in [0.717, 1.165) is 22.8 Å². The van der Waals surface area contributed by atoms with Gasteiger partial charge < -0.3 is 0 Å². The zero-order valence-electron chi connectivity index (χ0n) is 9.93. The van der Waals surface area contributed by atoms with Crippen molar-refractivity contribution in [2.24, 2.45) is 5.84 Å². The Labute approximate surface area is 110 Å². The number of thiazole rings is 1. The van der Waals surface area contributed by atoms with Crippen LogP contribution in [0.2, 0.25) is 0 Å². The van der Waals surface area contributed by atoms with E-state index in [9.17, 15) is 0 Å². The summed E-state index contributed by atoms with van der Waals surface area (Å²) in [5.41, 5.74) is 3.99. The molecule has 2 rings (SSSR count). The van der Waals surface area contributed by atoms with Crippen LogP contribution in [0.5, 0.6) is 0 Å². The van der Waals surface area contributed by atoms with Gasteiger partial charge in [0.2, 0.25) is 0 Å². The van der Waals surface area contributed by atoms with Gasteiger partial charge in [0.15, 0.2) is 4.96 Å². The minimum Gasteiger partial charge on any atom is -0.297 e. The maximum Gasteiger partial charge on any atom is 0.193 e. The number of fused-ring (bicyclic) bond motifs is 1. The SMILES string of the molecule is CCCSCC(Cc1cn2ccsc2n1)NN. The van der Waals surface area contributed by atoms with Crippen molar-refractivity contribution < 1.29 is 0 Å². The largest absolute Gasteiger partial charge is 0.297 e. The molecule has 0 saturated carbocycles. The van der Waals surface area contributed by atoms with Crippen LogP contribution in [-0.4, -0.2) is 26.9 Å². The van der Waals surface area contributed by atoms with E-state index < -0.39 is 0 Å². The molecular weight excluding hydrogens is 252 g/mol. The second-order valence-electron chi connectivity index (χ2n) is 3.97. The van der Waals surface area contributed by atoms with E-state index in [1.54, 1.807) is 11.3 Å². The standard InChI is InChI=1S/C11H18N4S2/c1-2-4-16-8-10(14-12)6-9-7-15-3-5-17-11(15)13-9/h3,5,7,10,14H,2,4,6,8,12H2,1H3. The summed E-state index contributed by atoms with van der Waals surface area (Å²) < 4.78 is 2.06. The Balaban J connectivity index is 1.91. The number of nitrogens with one attached hydrogen (secondary N) is 1. The number of imidazole rings is 1. The highest BCUT2D eigenvalue weighted by atomic mass is 32.2. The zero-order chi connectivity index (χ0) is 12.1. The topological polar surface area (TPSA) is 55.3 Å². The Morgan fingerprint density at radius 1 is 1.65 bits per heavy atom. The third-order valence-corrected chi connectivity index (χ3v) is 4.61. The van der Waals surface area contributed by atoms with Crippen molar-refractivity contribution in [1.82, 2.24) is 14.8 Å². The van der Waals surface area contributed by atoms with E-state index in [2.05, 4.69) is 27.9 Å². The second-order valence-corrected chi connectivity index (χ2v) is 5.99. The van der Waals surface area contributed by atoms with Crippen LogP contribution in [-0.2, 0) is 6.42 Å². The molecule has 0 aliphatic heterocycles. The summed E-state index contributed by atoms with van der Waals surface area (Å²) in [7, 11) is 0. The molecule has 0 aliphatic carbocycles. The summed E-state index contributed by atoms with van der Waals surface area (Å²) in [5, 5.41) is 2.04. The Bertz CT molecular complexity index is 422. The van der Waals surface area contributed by atoms with Gasteiger partial charge in [0.05, 0.1) is 5.69 Å². The molecule has 0 aliphatic rings. The molecule has 1 atom stereocenters. The summed E-state index contributed by atoms with van der Waals surface area (Å²) in [6, 6.07) is 0.302. The second kappa shape index (κ2) is 6.39. The summed E-state index contributed by atoms with van der Waals surface area (Å²) in [5.74, 6) is 7.81. The highest BCUT2D eigenvalue weighted by molar-refractivity contribution is 7.99. The minimum atomic E-state index is 0.302. The van der Waals surface area contributed by atoms with Crippen molar-refractivity contribution in [3.8, 4) is 0 Å². The van der Waals surface area contributed by atoms with E-state index in [1.807, 2.05) is 23.3 Å².